The predicted octanol–water partition coefficient (Wildman–Crippen LogP) is 2.25. The van der Waals surface area contributed by atoms with Gasteiger partial charge in [-0.25, -0.2) is 8.42 Å². The van der Waals surface area contributed by atoms with Crippen LogP contribution in [0.15, 0.2) is 29.2 Å². The maximum atomic E-state index is 13.1. The molecule has 1 aliphatic heterocycles. The third-order valence-electron chi connectivity index (χ3n) is 4.29. The number of carboxylic acid groups (broad SMARTS) is 1. The van der Waals surface area contributed by atoms with Gasteiger partial charge in [-0.05, 0) is 56.4 Å². The molecule has 2 rings (SSSR count). The van der Waals surface area contributed by atoms with Crippen LogP contribution in [0.25, 0.3) is 0 Å². The van der Waals surface area contributed by atoms with Crippen LogP contribution in [-0.2, 0) is 19.6 Å². The second-order valence-electron chi connectivity index (χ2n) is 6.22. The highest BCUT2D eigenvalue weighted by Gasteiger charge is 2.36. The average Bonchev–Trinajstić information content (AvgIpc) is 2.79. The summed E-state index contributed by atoms with van der Waals surface area (Å²) >= 11 is 5.84. The van der Waals surface area contributed by atoms with Crippen molar-refractivity contribution in [2.24, 2.45) is 0 Å². The second-order valence-corrected chi connectivity index (χ2v) is 8.55. The Hall–Kier alpha value is -1.64. The van der Waals surface area contributed by atoms with E-state index < -0.39 is 22.0 Å². The van der Waals surface area contributed by atoms with Gasteiger partial charge in [0.25, 0.3) is 0 Å². The maximum absolute atomic E-state index is 13.1. The number of amides is 1. The Morgan fingerprint density at radius 1 is 1.23 bits per heavy atom. The van der Waals surface area contributed by atoms with Gasteiger partial charge in [-0.2, -0.15) is 4.31 Å². The minimum absolute atomic E-state index is 0.0360. The number of unbranched alkanes of at least 4 members (excludes halogenated alkanes) is 1. The highest BCUT2D eigenvalue weighted by atomic mass is 35.5. The quantitative estimate of drug-likeness (QED) is 0.649. The van der Waals surface area contributed by atoms with Gasteiger partial charge in [0, 0.05) is 24.5 Å². The molecule has 1 aromatic carbocycles. The van der Waals surface area contributed by atoms with Crippen LogP contribution in [0.2, 0.25) is 5.02 Å². The zero-order chi connectivity index (χ0) is 19.2. The normalized spacial score (nSPS) is 18.4. The number of nitrogens with one attached hydrogen (secondary N) is 1. The van der Waals surface area contributed by atoms with Gasteiger partial charge in [0.2, 0.25) is 15.9 Å². The number of sulfonamides is 1. The van der Waals surface area contributed by atoms with Crippen molar-refractivity contribution < 1.29 is 23.1 Å². The van der Waals surface area contributed by atoms with Gasteiger partial charge in [0.05, 0.1) is 4.90 Å². The summed E-state index contributed by atoms with van der Waals surface area (Å²) in [5.74, 6) is -1.23. The molecule has 1 atom stereocenters. The summed E-state index contributed by atoms with van der Waals surface area (Å²) in [6.07, 6.45) is 2.66. The van der Waals surface area contributed by atoms with E-state index in [-0.39, 0.29) is 23.8 Å². The molecule has 1 amide bonds. The van der Waals surface area contributed by atoms with E-state index in [9.17, 15) is 18.0 Å². The van der Waals surface area contributed by atoms with Crippen molar-refractivity contribution >= 4 is 33.5 Å². The fraction of sp³-hybridized carbons (Fsp3) is 0.529. The lowest BCUT2D eigenvalue weighted by Crippen LogP contribution is -2.49. The summed E-state index contributed by atoms with van der Waals surface area (Å²) in [5.41, 5.74) is 0. The lowest BCUT2D eigenvalue weighted by atomic mass is 10.1. The number of carbonyl (C=O) groups is 2. The molecule has 1 heterocycles. The minimum Gasteiger partial charge on any atom is -0.481 e. The first kappa shape index (κ1) is 20.7. The van der Waals surface area contributed by atoms with E-state index >= 15 is 0 Å². The van der Waals surface area contributed by atoms with Crippen LogP contribution in [0.3, 0.4) is 0 Å². The fourth-order valence-corrected chi connectivity index (χ4v) is 4.71. The van der Waals surface area contributed by atoms with Gasteiger partial charge in [-0.1, -0.05) is 11.6 Å². The van der Waals surface area contributed by atoms with E-state index in [1.54, 1.807) is 0 Å². The van der Waals surface area contributed by atoms with E-state index in [1.165, 1.54) is 28.6 Å². The molecule has 0 radical (unpaired) electrons. The van der Waals surface area contributed by atoms with Crippen LogP contribution in [0.4, 0.5) is 0 Å². The fourth-order valence-electron chi connectivity index (χ4n) is 2.93. The molecule has 9 heteroatoms. The molecule has 2 N–H and O–H groups in total. The summed E-state index contributed by atoms with van der Waals surface area (Å²) in [5, 5.41) is 11.9. The molecule has 7 nitrogen and oxygen atoms in total. The average molecular weight is 403 g/mol. The Bertz CT molecular complexity index is 736. The zero-order valence-corrected chi connectivity index (χ0v) is 15.9. The van der Waals surface area contributed by atoms with Crippen molar-refractivity contribution in [3.63, 3.8) is 0 Å². The number of nitrogens with zero attached hydrogens (tertiary/aromatic N) is 1. The molecule has 144 valence electrons. The number of aliphatic carboxylic acids is 1. The standard InChI is InChI=1S/C17H23ClN2O5S/c18-13-7-9-14(10-8-13)26(24,25)20(12-4-2-6-16(21)22)15-5-1-3-11-19-17(15)23/h7-10,15H,1-6,11-12H2,(H,19,23)(H,21,22)/t15-/m1/s1. The summed E-state index contributed by atoms with van der Waals surface area (Å²) in [6.45, 7) is 0.625. The van der Waals surface area contributed by atoms with Crippen LogP contribution in [-0.4, -0.2) is 48.8 Å². The molecule has 0 saturated carbocycles. The molecule has 1 fully saturated rings. The Kier molecular flexibility index (Phi) is 7.43. The topological polar surface area (TPSA) is 104 Å². The van der Waals surface area contributed by atoms with Crippen molar-refractivity contribution in [3.05, 3.63) is 29.3 Å². The van der Waals surface area contributed by atoms with Crippen LogP contribution in [0.5, 0.6) is 0 Å². The molecular formula is C17H23ClN2O5S. The Morgan fingerprint density at radius 2 is 1.92 bits per heavy atom. The number of halogens is 1. The number of hydrogen-bond donors (Lipinski definition) is 2. The maximum Gasteiger partial charge on any atom is 0.303 e. The SMILES string of the molecule is O=C(O)CCCCN([C@@H]1CCCCNC1=O)S(=O)(=O)c1ccc(Cl)cc1. The highest BCUT2D eigenvalue weighted by Crippen LogP contribution is 2.24. The number of benzene rings is 1. The van der Waals surface area contributed by atoms with Crippen molar-refractivity contribution in [2.75, 3.05) is 13.1 Å². The molecular weight excluding hydrogens is 380 g/mol. The summed E-state index contributed by atoms with van der Waals surface area (Å²) in [7, 11) is -3.90. The van der Waals surface area contributed by atoms with Crippen LogP contribution < -0.4 is 5.32 Å². The molecule has 0 aliphatic carbocycles. The third-order valence-corrected chi connectivity index (χ3v) is 6.47. The lowest BCUT2D eigenvalue weighted by Gasteiger charge is -2.29. The largest absolute Gasteiger partial charge is 0.481 e. The monoisotopic (exact) mass is 402 g/mol. The number of carbonyl (C=O) groups excluding carboxylic acids is 1. The van der Waals surface area contributed by atoms with E-state index in [4.69, 9.17) is 16.7 Å². The first-order valence-electron chi connectivity index (χ1n) is 8.59. The molecule has 26 heavy (non-hydrogen) atoms. The minimum atomic E-state index is -3.90. The van der Waals surface area contributed by atoms with Crippen LogP contribution in [0.1, 0.15) is 38.5 Å². The second kappa shape index (κ2) is 9.34. The Morgan fingerprint density at radius 3 is 2.58 bits per heavy atom. The van der Waals surface area contributed by atoms with Crippen molar-refractivity contribution in [2.45, 2.75) is 49.5 Å². The lowest BCUT2D eigenvalue weighted by molar-refractivity contribution is -0.137. The van der Waals surface area contributed by atoms with Gasteiger partial charge in [-0.15, -0.1) is 0 Å². The van der Waals surface area contributed by atoms with Crippen molar-refractivity contribution in [1.29, 1.82) is 0 Å². The predicted molar refractivity (Wildman–Crippen MR) is 97.5 cm³/mol. The Labute approximate surface area is 158 Å². The van der Waals surface area contributed by atoms with Crippen molar-refractivity contribution in [1.82, 2.24) is 9.62 Å². The van der Waals surface area contributed by atoms with Crippen LogP contribution in [0, 0.1) is 0 Å². The third kappa shape index (κ3) is 5.43. The van der Waals surface area contributed by atoms with Gasteiger partial charge in [0.1, 0.15) is 6.04 Å². The molecule has 1 aromatic rings. The van der Waals surface area contributed by atoms with E-state index in [0.29, 0.717) is 30.8 Å². The van der Waals surface area contributed by atoms with Gasteiger partial charge < -0.3 is 10.4 Å². The number of hydrogen-bond acceptors (Lipinski definition) is 4. The van der Waals surface area contributed by atoms with Gasteiger partial charge in [-0.3, -0.25) is 9.59 Å². The molecule has 1 saturated heterocycles. The Balaban J connectivity index is 2.27. The number of rotatable bonds is 8. The van der Waals surface area contributed by atoms with Gasteiger partial charge in [0.15, 0.2) is 0 Å². The van der Waals surface area contributed by atoms with E-state index in [0.717, 1.165) is 12.8 Å². The van der Waals surface area contributed by atoms with Crippen LogP contribution >= 0.6 is 11.6 Å². The molecule has 1 aliphatic rings. The highest BCUT2D eigenvalue weighted by molar-refractivity contribution is 7.89. The first-order valence-corrected chi connectivity index (χ1v) is 10.4. The van der Waals surface area contributed by atoms with Gasteiger partial charge >= 0.3 is 5.97 Å². The molecule has 0 bridgehead atoms. The first-order chi connectivity index (χ1) is 12.3. The summed E-state index contributed by atoms with van der Waals surface area (Å²) in [6, 6.07) is 5.02. The zero-order valence-electron chi connectivity index (χ0n) is 14.4. The summed E-state index contributed by atoms with van der Waals surface area (Å²) < 4.78 is 27.4. The molecule has 0 aromatic heterocycles. The molecule has 0 unspecified atom stereocenters. The smallest absolute Gasteiger partial charge is 0.303 e. The summed E-state index contributed by atoms with van der Waals surface area (Å²) in [4.78, 5) is 23.1. The number of carboxylic acids is 1. The molecule has 0 spiro atoms. The van der Waals surface area contributed by atoms with E-state index in [1.807, 2.05) is 0 Å². The van der Waals surface area contributed by atoms with Crippen molar-refractivity contribution in [3.8, 4) is 0 Å². The van der Waals surface area contributed by atoms with E-state index in [2.05, 4.69) is 5.32 Å².